The fraction of sp³-hybridized carbons (Fsp3) is 0.350. The third-order valence-corrected chi connectivity index (χ3v) is 7.11. The van der Waals surface area contributed by atoms with Gasteiger partial charge in [-0.15, -0.1) is 0 Å². The van der Waals surface area contributed by atoms with Gasteiger partial charge in [0.2, 0.25) is 15.9 Å². The van der Waals surface area contributed by atoms with Crippen LogP contribution < -0.4 is 10.6 Å². The number of nitrogens with zero attached hydrogens (tertiary/aromatic N) is 2. The number of carbonyl (C=O) groups is 2. The number of benzene rings is 1. The van der Waals surface area contributed by atoms with Gasteiger partial charge in [-0.3, -0.25) is 9.59 Å². The van der Waals surface area contributed by atoms with Crippen LogP contribution in [0, 0.1) is 13.8 Å². The minimum atomic E-state index is -3.70. The lowest BCUT2D eigenvalue weighted by Gasteiger charge is -2.31. The van der Waals surface area contributed by atoms with Crippen LogP contribution in [0.15, 0.2) is 46.3 Å². The van der Waals surface area contributed by atoms with Gasteiger partial charge < -0.3 is 15.2 Å². The Morgan fingerprint density at radius 2 is 1.90 bits per heavy atom. The van der Waals surface area contributed by atoms with E-state index in [1.165, 1.54) is 4.31 Å². The van der Waals surface area contributed by atoms with Crippen molar-refractivity contribution in [3.05, 3.63) is 53.9 Å². The number of hydrogen-bond donors (Lipinski definition) is 2. The van der Waals surface area contributed by atoms with Crippen molar-refractivity contribution >= 4 is 27.5 Å². The molecule has 2 heterocycles. The van der Waals surface area contributed by atoms with E-state index in [0.717, 1.165) is 6.08 Å². The molecular formula is C20H24N4O5S. The van der Waals surface area contributed by atoms with E-state index in [1.54, 1.807) is 38.1 Å². The molecule has 0 bridgehead atoms. The van der Waals surface area contributed by atoms with Crippen molar-refractivity contribution in [1.82, 2.24) is 14.8 Å². The van der Waals surface area contributed by atoms with Gasteiger partial charge in [0.15, 0.2) is 5.76 Å². The Kier molecular flexibility index (Phi) is 6.37. The highest BCUT2D eigenvalue weighted by atomic mass is 32.2. The van der Waals surface area contributed by atoms with E-state index in [4.69, 9.17) is 4.52 Å². The summed E-state index contributed by atoms with van der Waals surface area (Å²) in [4.78, 5) is 24.4. The van der Waals surface area contributed by atoms with Crippen molar-refractivity contribution in [3.63, 3.8) is 0 Å². The standard InChI is InChI=1S/C20H24N4O5S/c1-4-18(25)22-17-8-6-5-7-16(17)20(26)21-15-9-11-24(12-10-15)30(27,28)19-13(2)23-29-14(19)3/h4-8,15H,1,9-12H2,2-3H3,(H,21,26)(H,22,25). The van der Waals surface area contributed by atoms with Crippen LogP contribution in [0.3, 0.4) is 0 Å². The maximum Gasteiger partial charge on any atom is 0.253 e. The van der Waals surface area contributed by atoms with Crippen LogP contribution >= 0.6 is 0 Å². The molecule has 0 unspecified atom stereocenters. The van der Waals surface area contributed by atoms with Crippen LogP contribution in [0.1, 0.15) is 34.7 Å². The summed E-state index contributed by atoms with van der Waals surface area (Å²) in [5, 5.41) is 9.27. The predicted molar refractivity (Wildman–Crippen MR) is 110 cm³/mol. The number of anilines is 1. The Hall–Kier alpha value is -2.98. The van der Waals surface area contributed by atoms with Crippen molar-refractivity contribution in [2.75, 3.05) is 18.4 Å². The van der Waals surface area contributed by atoms with Crippen molar-refractivity contribution in [1.29, 1.82) is 0 Å². The average molecular weight is 433 g/mol. The van der Waals surface area contributed by atoms with Crippen LogP contribution in [0.5, 0.6) is 0 Å². The number of aryl methyl sites for hydroxylation is 2. The zero-order chi connectivity index (χ0) is 21.9. The Labute approximate surface area is 175 Å². The van der Waals surface area contributed by atoms with Crippen LogP contribution in [-0.4, -0.2) is 48.8 Å². The van der Waals surface area contributed by atoms with Crippen molar-refractivity contribution in [2.24, 2.45) is 0 Å². The highest BCUT2D eigenvalue weighted by Crippen LogP contribution is 2.26. The van der Waals surface area contributed by atoms with Gasteiger partial charge in [-0.05, 0) is 44.9 Å². The summed E-state index contributed by atoms with van der Waals surface area (Å²) in [6.45, 7) is 7.11. The predicted octanol–water partition coefficient (Wildman–Crippen LogP) is 2.00. The Bertz CT molecular complexity index is 1050. The first kappa shape index (κ1) is 21.7. The molecule has 160 valence electrons. The van der Waals surface area contributed by atoms with Gasteiger partial charge >= 0.3 is 0 Å². The monoisotopic (exact) mass is 432 g/mol. The maximum absolute atomic E-state index is 12.9. The first-order valence-corrected chi connectivity index (χ1v) is 10.9. The van der Waals surface area contributed by atoms with E-state index < -0.39 is 15.9 Å². The zero-order valence-corrected chi connectivity index (χ0v) is 17.7. The summed E-state index contributed by atoms with van der Waals surface area (Å²) in [6.07, 6.45) is 2.06. The van der Waals surface area contributed by atoms with Crippen LogP contribution in [0.4, 0.5) is 5.69 Å². The molecule has 1 fully saturated rings. The van der Waals surface area contributed by atoms with E-state index in [1.807, 2.05) is 0 Å². The van der Waals surface area contributed by atoms with E-state index in [9.17, 15) is 18.0 Å². The van der Waals surface area contributed by atoms with Crippen molar-refractivity contribution in [2.45, 2.75) is 37.6 Å². The molecule has 1 aromatic heterocycles. The first-order chi connectivity index (χ1) is 14.2. The van der Waals surface area contributed by atoms with Crippen molar-refractivity contribution < 1.29 is 22.5 Å². The molecule has 2 N–H and O–H groups in total. The van der Waals surface area contributed by atoms with Gasteiger partial charge in [0.05, 0.1) is 11.3 Å². The zero-order valence-electron chi connectivity index (χ0n) is 16.8. The number of piperidine rings is 1. The third-order valence-electron chi connectivity index (χ3n) is 4.97. The third kappa shape index (κ3) is 4.44. The average Bonchev–Trinajstić information content (AvgIpc) is 3.07. The molecule has 3 rings (SSSR count). The normalized spacial score (nSPS) is 15.5. The topological polar surface area (TPSA) is 122 Å². The quantitative estimate of drug-likeness (QED) is 0.674. The van der Waals surface area contributed by atoms with E-state index >= 15 is 0 Å². The number of sulfonamides is 1. The second kappa shape index (κ2) is 8.80. The molecule has 1 aliphatic rings. The van der Waals surface area contributed by atoms with Crippen LogP contribution in [0.2, 0.25) is 0 Å². The molecule has 1 aliphatic heterocycles. The molecule has 2 amide bonds. The minimum absolute atomic E-state index is 0.108. The minimum Gasteiger partial charge on any atom is -0.360 e. The molecule has 0 saturated carbocycles. The van der Waals surface area contributed by atoms with Crippen molar-refractivity contribution in [3.8, 4) is 0 Å². The lowest BCUT2D eigenvalue weighted by Crippen LogP contribution is -2.46. The van der Waals surface area contributed by atoms with E-state index in [0.29, 0.717) is 29.8 Å². The Morgan fingerprint density at radius 1 is 1.23 bits per heavy atom. The Balaban J connectivity index is 1.65. The van der Waals surface area contributed by atoms with Gasteiger partial charge in [0.1, 0.15) is 10.6 Å². The second-order valence-corrected chi connectivity index (χ2v) is 8.92. The first-order valence-electron chi connectivity index (χ1n) is 9.50. The number of aromatic nitrogens is 1. The highest BCUT2D eigenvalue weighted by Gasteiger charge is 2.34. The molecule has 2 aromatic rings. The largest absolute Gasteiger partial charge is 0.360 e. The fourth-order valence-electron chi connectivity index (χ4n) is 3.45. The molecule has 30 heavy (non-hydrogen) atoms. The fourth-order valence-corrected chi connectivity index (χ4v) is 5.21. The summed E-state index contributed by atoms with van der Waals surface area (Å²) in [5.74, 6) is -0.476. The lowest BCUT2D eigenvalue weighted by molar-refractivity contribution is -0.111. The van der Waals surface area contributed by atoms with Gasteiger partial charge in [0, 0.05) is 19.1 Å². The summed E-state index contributed by atoms with van der Waals surface area (Å²) >= 11 is 0. The molecule has 0 atom stereocenters. The molecule has 1 saturated heterocycles. The van der Waals surface area contributed by atoms with E-state index in [-0.39, 0.29) is 35.7 Å². The number of para-hydroxylation sites is 1. The molecule has 1 aromatic carbocycles. The molecule has 10 heteroatoms. The molecule has 0 aliphatic carbocycles. The number of hydrogen-bond acceptors (Lipinski definition) is 6. The number of rotatable bonds is 6. The highest BCUT2D eigenvalue weighted by molar-refractivity contribution is 7.89. The number of carbonyl (C=O) groups excluding carboxylic acids is 2. The molecule has 0 spiro atoms. The van der Waals surface area contributed by atoms with Crippen LogP contribution in [-0.2, 0) is 14.8 Å². The molecule has 0 radical (unpaired) electrons. The van der Waals surface area contributed by atoms with E-state index in [2.05, 4.69) is 22.4 Å². The lowest BCUT2D eigenvalue weighted by atomic mass is 10.1. The second-order valence-electron chi connectivity index (χ2n) is 7.04. The SMILES string of the molecule is C=CC(=O)Nc1ccccc1C(=O)NC1CCN(S(=O)(=O)c2c(C)noc2C)CC1. The molecular weight excluding hydrogens is 408 g/mol. The smallest absolute Gasteiger partial charge is 0.253 e. The Morgan fingerprint density at radius 3 is 2.50 bits per heavy atom. The summed E-state index contributed by atoms with van der Waals surface area (Å²) in [5.41, 5.74) is 1.05. The number of nitrogens with one attached hydrogen (secondary N) is 2. The van der Waals surface area contributed by atoms with Crippen LogP contribution in [0.25, 0.3) is 0 Å². The maximum atomic E-state index is 12.9. The number of amides is 2. The van der Waals surface area contributed by atoms with Gasteiger partial charge in [-0.1, -0.05) is 23.9 Å². The van der Waals surface area contributed by atoms with Gasteiger partial charge in [-0.25, -0.2) is 8.42 Å². The van der Waals surface area contributed by atoms with Gasteiger partial charge in [0.25, 0.3) is 5.91 Å². The molecule has 9 nitrogen and oxygen atoms in total. The van der Waals surface area contributed by atoms with Gasteiger partial charge in [-0.2, -0.15) is 4.31 Å². The summed E-state index contributed by atoms with van der Waals surface area (Å²) in [7, 11) is -3.70. The summed E-state index contributed by atoms with van der Waals surface area (Å²) < 4.78 is 32.2. The summed E-state index contributed by atoms with van der Waals surface area (Å²) in [6, 6.07) is 6.49.